The first-order valence-corrected chi connectivity index (χ1v) is 8.95. The molecule has 0 saturated carbocycles. The lowest BCUT2D eigenvalue weighted by Crippen LogP contribution is -2.51. The number of para-hydroxylation sites is 2. The van der Waals surface area contributed by atoms with Crippen LogP contribution in [0.2, 0.25) is 5.02 Å². The van der Waals surface area contributed by atoms with Gasteiger partial charge in [-0.3, -0.25) is 19.3 Å². The molecule has 3 rings (SSSR count). The van der Waals surface area contributed by atoms with Crippen LogP contribution in [-0.2, 0) is 9.59 Å². The van der Waals surface area contributed by atoms with Gasteiger partial charge in [0.25, 0.3) is 11.8 Å². The first-order chi connectivity index (χ1) is 14.1. The van der Waals surface area contributed by atoms with Gasteiger partial charge in [-0.1, -0.05) is 23.7 Å². The van der Waals surface area contributed by atoms with E-state index in [4.69, 9.17) is 22.1 Å². The van der Waals surface area contributed by atoms with Crippen LogP contribution in [0.1, 0.15) is 16.8 Å². The molecule has 3 N–H and O–H groups in total. The molecule has 0 radical (unpaired) electrons. The van der Waals surface area contributed by atoms with Gasteiger partial charge in [-0.15, -0.1) is 0 Å². The fourth-order valence-corrected chi connectivity index (χ4v) is 3.20. The molecule has 0 aliphatic carbocycles. The van der Waals surface area contributed by atoms with Gasteiger partial charge in [0.05, 0.1) is 23.4 Å². The number of hydrogen-bond donors (Lipinski definition) is 2. The summed E-state index contributed by atoms with van der Waals surface area (Å²) < 4.78 is 46.3. The van der Waals surface area contributed by atoms with E-state index in [1.807, 2.05) is 0 Å². The molecule has 0 aromatic heterocycles. The van der Waals surface area contributed by atoms with E-state index in [0.717, 1.165) is 0 Å². The minimum Gasteiger partial charge on any atom is -0.483 e. The summed E-state index contributed by atoms with van der Waals surface area (Å²) in [7, 11) is 0. The van der Waals surface area contributed by atoms with Crippen LogP contribution < -0.4 is 20.7 Å². The van der Waals surface area contributed by atoms with Crippen molar-refractivity contribution in [3.05, 3.63) is 53.1 Å². The number of halogens is 4. The van der Waals surface area contributed by atoms with Crippen LogP contribution in [0.15, 0.2) is 42.5 Å². The number of nitrogens with two attached hydrogens (primary N) is 1. The lowest BCUT2D eigenvalue weighted by Gasteiger charge is -2.31. The van der Waals surface area contributed by atoms with Crippen LogP contribution in [0.4, 0.5) is 24.5 Å². The monoisotopic (exact) mass is 441 g/mol. The second kappa shape index (κ2) is 8.23. The molecular formula is C19H15ClF3N3O4. The van der Waals surface area contributed by atoms with Gasteiger partial charge in [-0.2, -0.15) is 13.2 Å². The van der Waals surface area contributed by atoms with Gasteiger partial charge < -0.3 is 15.8 Å². The number of hydrogen-bond acceptors (Lipinski definition) is 4. The Labute approximate surface area is 173 Å². The van der Waals surface area contributed by atoms with Gasteiger partial charge in [0.2, 0.25) is 5.91 Å². The van der Waals surface area contributed by atoms with Gasteiger partial charge in [0.1, 0.15) is 11.8 Å². The SMILES string of the molecule is NC(=O)c1cc(Cl)ccc1OCC(=O)N1c2ccccc2NC(=O)C[C@H]1C(F)(F)F. The average molecular weight is 442 g/mol. The van der Waals surface area contributed by atoms with Crippen molar-refractivity contribution in [2.45, 2.75) is 18.6 Å². The van der Waals surface area contributed by atoms with Gasteiger partial charge in [0, 0.05) is 5.02 Å². The second-order valence-corrected chi connectivity index (χ2v) is 6.82. The number of ether oxygens (including phenoxy) is 1. The predicted molar refractivity (Wildman–Crippen MR) is 102 cm³/mol. The lowest BCUT2D eigenvalue weighted by atomic mass is 10.1. The van der Waals surface area contributed by atoms with Crippen molar-refractivity contribution in [2.75, 3.05) is 16.8 Å². The Bertz CT molecular complexity index is 1010. The molecule has 7 nitrogen and oxygen atoms in total. The quantitative estimate of drug-likeness (QED) is 0.761. The highest BCUT2D eigenvalue weighted by atomic mass is 35.5. The van der Waals surface area contributed by atoms with Gasteiger partial charge >= 0.3 is 6.18 Å². The van der Waals surface area contributed by atoms with Crippen molar-refractivity contribution in [2.24, 2.45) is 5.73 Å². The first kappa shape index (κ1) is 21.4. The molecule has 2 aromatic rings. The number of fused-ring (bicyclic) bond motifs is 1. The standard InChI is InChI=1S/C19H15ClF3N3O4/c20-10-5-6-14(11(7-10)18(24)29)30-9-17(28)26-13-4-2-1-3-12(13)25-16(27)8-15(26)19(21,22)23/h1-7,15H,8-9H2,(H2,24,29)(H,25,27)/t15-/m0/s1. The maximum absolute atomic E-state index is 13.7. The number of nitrogens with one attached hydrogen (secondary N) is 1. The van der Waals surface area contributed by atoms with Crippen molar-refractivity contribution in [3.63, 3.8) is 0 Å². The fraction of sp³-hybridized carbons (Fsp3) is 0.211. The smallest absolute Gasteiger partial charge is 0.409 e. The molecule has 30 heavy (non-hydrogen) atoms. The number of carbonyl (C=O) groups excluding carboxylic acids is 3. The average Bonchev–Trinajstić information content (AvgIpc) is 2.82. The third-order valence-electron chi connectivity index (χ3n) is 4.33. The van der Waals surface area contributed by atoms with E-state index >= 15 is 0 Å². The molecule has 0 saturated heterocycles. The summed E-state index contributed by atoms with van der Waals surface area (Å²) in [4.78, 5) is 36.8. The van der Waals surface area contributed by atoms with Gasteiger partial charge in [-0.05, 0) is 30.3 Å². The molecule has 0 spiro atoms. The zero-order valence-electron chi connectivity index (χ0n) is 15.2. The molecule has 0 fully saturated rings. The summed E-state index contributed by atoms with van der Waals surface area (Å²) in [6, 6.07) is 7.10. The highest BCUT2D eigenvalue weighted by Crippen LogP contribution is 2.37. The summed E-state index contributed by atoms with van der Waals surface area (Å²) in [6.45, 7) is -0.836. The number of benzene rings is 2. The largest absolute Gasteiger partial charge is 0.483 e. The summed E-state index contributed by atoms with van der Waals surface area (Å²) in [6.07, 6.45) is -5.85. The normalized spacial score (nSPS) is 16.3. The molecule has 158 valence electrons. The van der Waals surface area contributed by atoms with E-state index in [0.29, 0.717) is 4.90 Å². The molecular weight excluding hydrogens is 427 g/mol. The Morgan fingerprint density at radius 3 is 2.60 bits per heavy atom. The van der Waals surface area contributed by atoms with Crippen molar-refractivity contribution < 1.29 is 32.3 Å². The third-order valence-corrected chi connectivity index (χ3v) is 4.57. The fourth-order valence-electron chi connectivity index (χ4n) is 3.03. The van der Waals surface area contributed by atoms with Crippen LogP contribution in [0.3, 0.4) is 0 Å². The van der Waals surface area contributed by atoms with Crippen LogP contribution in [0.25, 0.3) is 0 Å². The Morgan fingerprint density at radius 1 is 1.23 bits per heavy atom. The number of amides is 3. The Hall–Kier alpha value is -3.27. The zero-order valence-corrected chi connectivity index (χ0v) is 16.0. The topological polar surface area (TPSA) is 102 Å². The van der Waals surface area contributed by atoms with Gasteiger partial charge in [0.15, 0.2) is 6.61 Å². The summed E-state index contributed by atoms with van der Waals surface area (Å²) in [5, 5.41) is 2.55. The minimum absolute atomic E-state index is 0.0620. The Balaban J connectivity index is 1.94. The molecule has 3 amide bonds. The number of rotatable bonds is 4. The number of primary amides is 1. The molecule has 1 aliphatic rings. The molecule has 1 aliphatic heterocycles. The zero-order chi connectivity index (χ0) is 22.1. The number of anilines is 2. The van der Waals surface area contributed by atoms with E-state index in [1.54, 1.807) is 0 Å². The Kier molecular flexibility index (Phi) is 5.88. The summed E-state index contributed by atoms with van der Waals surface area (Å²) >= 11 is 5.80. The summed E-state index contributed by atoms with van der Waals surface area (Å²) in [5.41, 5.74) is 5.06. The third kappa shape index (κ3) is 4.48. The predicted octanol–water partition coefficient (Wildman–Crippen LogP) is 3.12. The molecule has 0 unspecified atom stereocenters. The van der Waals surface area contributed by atoms with Crippen molar-refractivity contribution in [1.29, 1.82) is 0 Å². The van der Waals surface area contributed by atoms with E-state index in [2.05, 4.69) is 5.32 Å². The van der Waals surface area contributed by atoms with Gasteiger partial charge in [-0.25, -0.2) is 0 Å². The first-order valence-electron chi connectivity index (χ1n) is 8.57. The van der Waals surface area contributed by atoms with E-state index < -0.39 is 43.0 Å². The Morgan fingerprint density at radius 2 is 1.93 bits per heavy atom. The van der Waals surface area contributed by atoms with Crippen molar-refractivity contribution >= 4 is 40.7 Å². The van der Waals surface area contributed by atoms with E-state index in [9.17, 15) is 27.6 Å². The molecule has 2 aromatic carbocycles. The van der Waals surface area contributed by atoms with Crippen molar-refractivity contribution in [3.8, 4) is 5.75 Å². The van der Waals surface area contributed by atoms with Crippen LogP contribution in [0, 0.1) is 0 Å². The summed E-state index contributed by atoms with van der Waals surface area (Å²) in [5.74, 6) is -2.94. The van der Waals surface area contributed by atoms with Crippen LogP contribution in [0.5, 0.6) is 5.75 Å². The lowest BCUT2D eigenvalue weighted by molar-refractivity contribution is -0.158. The molecule has 11 heteroatoms. The maximum atomic E-state index is 13.7. The maximum Gasteiger partial charge on any atom is 0.409 e. The van der Waals surface area contributed by atoms with Crippen LogP contribution >= 0.6 is 11.6 Å². The van der Waals surface area contributed by atoms with E-state index in [-0.39, 0.29) is 27.7 Å². The highest BCUT2D eigenvalue weighted by molar-refractivity contribution is 6.31. The minimum atomic E-state index is -4.87. The highest BCUT2D eigenvalue weighted by Gasteiger charge is 2.49. The van der Waals surface area contributed by atoms with Crippen LogP contribution in [-0.4, -0.2) is 36.5 Å². The molecule has 1 heterocycles. The second-order valence-electron chi connectivity index (χ2n) is 6.38. The molecule has 1 atom stereocenters. The number of nitrogens with zero attached hydrogens (tertiary/aromatic N) is 1. The van der Waals surface area contributed by atoms with E-state index in [1.165, 1.54) is 42.5 Å². The van der Waals surface area contributed by atoms with Crippen molar-refractivity contribution in [1.82, 2.24) is 0 Å². The number of alkyl halides is 3. The number of carbonyl (C=O) groups is 3. The molecule has 0 bridgehead atoms.